The van der Waals surface area contributed by atoms with Crippen LogP contribution in [0.3, 0.4) is 0 Å². The molecule has 0 aliphatic carbocycles. The van der Waals surface area contributed by atoms with Gasteiger partial charge in [-0.15, -0.1) is 12.1 Å². The Morgan fingerprint density at radius 1 is 1.23 bits per heavy atom. The van der Waals surface area contributed by atoms with Crippen LogP contribution in [-0.4, -0.2) is 21.0 Å². The van der Waals surface area contributed by atoms with E-state index in [1.807, 2.05) is 6.07 Å². The number of ether oxygens (including phenoxy) is 3. The van der Waals surface area contributed by atoms with Crippen LogP contribution in [0.1, 0.15) is 0 Å². The molecule has 0 spiro atoms. The van der Waals surface area contributed by atoms with E-state index >= 15 is 0 Å². The van der Waals surface area contributed by atoms with Crippen molar-refractivity contribution in [3.05, 3.63) is 24.3 Å². The van der Waals surface area contributed by atoms with E-state index in [-0.39, 0.29) is 36.4 Å². The van der Waals surface area contributed by atoms with Gasteiger partial charge >= 0.3 is 29.6 Å². The zero-order chi connectivity index (χ0) is 8.81. The standard InChI is InChI=1S/C9H11O3.Na/c1-10-7-12-9-5-3-4-8(6-9)11-2;/h3-5H,7H2,1-2H3;/q-1;+1. The second-order valence-corrected chi connectivity index (χ2v) is 2.13. The molecule has 66 valence electrons. The topological polar surface area (TPSA) is 27.7 Å². The van der Waals surface area contributed by atoms with E-state index in [1.54, 1.807) is 26.4 Å². The summed E-state index contributed by atoms with van der Waals surface area (Å²) in [6, 6.07) is 8.34. The van der Waals surface area contributed by atoms with Gasteiger partial charge in [0.15, 0.2) is 6.79 Å². The molecular formula is C9H11NaO3. The molecule has 0 saturated heterocycles. The van der Waals surface area contributed by atoms with Gasteiger partial charge in [0.05, 0.1) is 7.11 Å². The summed E-state index contributed by atoms with van der Waals surface area (Å²) in [4.78, 5) is 0. The van der Waals surface area contributed by atoms with Gasteiger partial charge in [0, 0.05) is 18.6 Å². The van der Waals surface area contributed by atoms with Gasteiger partial charge in [0.1, 0.15) is 0 Å². The number of hydrogen-bond donors (Lipinski definition) is 0. The fourth-order valence-corrected chi connectivity index (χ4v) is 0.753. The number of methoxy groups -OCH3 is 2. The maximum Gasteiger partial charge on any atom is 1.00 e. The van der Waals surface area contributed by atoms with Gasteiger partial charge in [0.25, 0.3) is 0 Å². The van der Waals surface area contributed by atoms with Crippen LogP contribution in [0.15, 0.2) is 18.2 Å². The molecule has 3 nitrogen and oxygen atoms in total. The zero-order valence-corrected chi connectivity index (χ0v) is 10.2. The molecule has 1 aromatic rings. The van der Waals surface area contributed by atoms with E-state index in [0.717, 1.165) is 0 Å². The summed E-state index contributed by atoms with van der Waals surface area (Å²) in [5, 5.41) is 0. The Bertz CT molecular complexity index is 240. The molecule has 0 aliphatic heterocycles. The van der Waals surface area contributed by atoms with Crippen molar-refractivity contribution in [3.63, 3.8) is 0 Å². The summed E-state index contributed by atoms with van der Waals surface area (Å²) in [5.74, 6) is 1.28. The predicted octanol–water partition coefficient (Wildman–Crippen LogP) is -1.52. The van der Waals surface area contributed by atoms with Gasteiger partial charge in [-0.1, -0.05) is 6.07 Å². The summed E-state index contributed by atoms with van der Waals surface area (Å²) in [6.45, 7) is 0.226. The molecular weight excluding hydrogens is 179 g/mol. The molecule has 0 unspecified atom stereocenters. The minimum atomic E-state index is 0. The summed E-state index contributed by atoms with van der Waals surface area (Å²) >= 11 is 0. The van der Waals surface area contributed by atoms with Crippen molar-refractivity contribution >= 4 is 0 Å². The Morgan fingerprint density at radius 3 is 2.54 bits per heavy atom. The van der Waals surface area contributed by atoms with Gasteiger partial charge in [-0.05, 0) is 0 Å². The molecule has 0 fully saturated rings. The smallest absolute Gasteiger partial charge is 0.522 e. The van der Waals surface area contributed by atoms with Crippen LogP contribution < -0.4 is 39.0 Å². The second-order valence-electron chi connectivity index (χ2n) is 2.13. The molecule has 0 saturated carbocycles. The van der Waals surface area contributed by atoms with Crippen LogP contribution in [0.4, 0.5) is 0 Å². The molecule has 0 amide bonds. The van der Waals surface area contributed by atoms with Gasteiger partial charge in [-0.2, -0.15) is 6.07 Å². The summed E-state index contributed by atoms with van der Waals surface area (Å²) in [5.41, 5.74) is 0. The van der Waals surface area contributed by atoms with E-state index in [0.29, 0.717) is 11.5 Å². The molecule has 1 rings (SSSR count). The van der Waals surface area contributed by atoms with E-state index in [4.69, 9.17) is 14.2 Å². The van der Waals surface area contributed by atoms with E-state index < -0.39 is 0 Å². The van der Waals surface area contributed by atoms with Crippen LogP contribution in [0.2, 0.25) is 0 Å². The monoisotopic (exact) mass is 190 g/mol. The SMILES string of the molecule is COCOc1[c-]c(OC)ccc1.[Na+]. The summed E-state index contributed by atoms with van der Waals surface area (Å²) < 4.78 is 14.8. The Kier molecular flexibility index (Phi) is 7.09. The van der Waals surface area contributed by atoms with Gasteiger partial charge in [-0.3, -0.25) is 0 Å². The molecule has 0 aromatic heterocycles. The minimum absolute atomic E-state index is 0. The predicted molar refractivity (Wildman–Crippen MR) is 44.3 cm³/mol. The third-order valence-corrected chi connectivity index (χ3v) is 1.29. The third kappa shape index (κ3) is 4.52. The third-order valence-electron chi connectivity index (χ3n) is 1.29. The van der Waals surface area contributed by atoms with Gasteiger partial charge < -0.3 is 14.2 Å². The molecule has 0 radical (unpaired) electrons. The Labute approximate surface area is 100 Å². The zero-order valence-electron chi connectivity index (χ0n) is 8.16. The number of hydrogen-bond acceptors (Lipinski definition) is 3. The summed E-state index contributed by atoms with van der Waals surface area (Å²) in [7, 11) is 3.16. The first-order valence-electron chi connectivity index (χ1n) is 3.55. The van der Waals surface area contributed by atoms with Gasteiger partial charge in [0.2, 0.25) is 0 Å². The Morgan fingerprint density at radius 2 is 1.92 bits per heavy atom. The molecule has 13 heavy (non-hydrogen) atoms. The largest absolute Gasteiger partial charge is 1.00 e. The average Bonchev–Trinajstić information content (AvgIpc) is 2.15. The van der Waals surface area contributed by atoms with Crippen molar-refractivity contribution in [2.24, 2.45) is 0 Å². The van der Waals surface area contributed by atoms with Crippen LogP contribution in [-0.2, 0) is 4.74 Å². The van der Waals surface area contributed by atoms with Crippen molar-refractivity contribution in [1.82, 2.24) is 0 Å². The van der Waals surface area contributed by atoms with Crippen molar-refractivity contribution in [2.45, 2.75) is 0 Å². The van der Waals surface area contributed by atoms with E-state index in [2.05, 4.69) is 6.07 Å². The first-order chi connectivity index (χ1) is 5.86. The quantitative estimate of drug-likeness (QED) is 0.328. The van der Waals surface area contributed by atoms with Crippen LogP contribution >= 0.6 is 0 Å². The first-order valence-corrected chi connectivity index (χ1v) is 3.55. The maximum atomic E-state index is 5.14. The number of benzene rings is 1. The maximum absolute atomic E-state index is 5.14. The Balaban J connectivity index is 0.00000144. The normalized spacial score (nSPS) is 8.77. The van der Waals surface area contributed by atoms with Crippen molar-refractivity contribution < 1.29 is 43.8 Å². The summed E-state index contributed by atoms with van der Waals surface area (Å²) in [6.07, 6.45) is 0. The van der Waals surface area contributed by atoms with Crippen LogP contribution in [0.5, 0.6) is 11.5 Å². The molecule has 0 N–H and O–H groups in total. The molecule has 4 heteroatoms. The second kappa shape index (κ2) is 7.21. The van der Waals surface area contributed by atoms with Crippen molar-refractivity contribution in [1.29, 1.82) is 0 Å². The minimum Gasteiger partial charge on any atom is -0.522 e. The fraction of sp³-hybridized carbons (Fsp3) is 0.333. The van der Waals surface area contributed by atoms with Gasteiger partial charge in [-0.25, -0.2) is 0 Å². The Hall–Kier alpha value is -0.220. The first kappa shape index (κ1) is 12.8. The van der Waals surface area contributed by atoms with E-state index in [9.17, 15) is 0 Å². The van der Waals surface area contributed by atoms with Crippen LogP contribution in [0.25, 0.3) is 0 Å². The molecule has 0 heterocycles. The fourth-order valence-electron chi connectivity index (χ4n) is 0.753. The average molecular weight is 190 g/mol. The molecule has 1 aromatic carbocycles. The molecule has 0 aliphatic rings. The number of rotatable bonds is 4. The van der Waals surface area contributed by atoms with Crippen LogP contribution in [0, 0.1) is 6.07 Å². The van der Waals surface area contributed by atoms with Crippen molar-refractivity contribution in [3.8, 4) is 11.5 Å². The molecule has 0 atom stereocenters. The molecule has 0 bridgehead atoms. The van der Waals surface area contributed by atoms with Crippen molar-refractivity contribution in [2.75, 3.05) is 21.0 Å². The van der Waals surface area contributed by atoms with E-state index in [1.165, 1.54) is 0 Å².